The van der Waals surface area contributed by atoms with E-state index in [4.69, 9.17) is 27.9 Å². The Kier molecular flexibility index (Phi) is 4.19. The second kappa shape index (κ2) is 6.70. The summed E-state index contributed by atoms with van der Waals surface area (Å²) in [7, 11) is 1.56. The first-order chi connectivity index (χ1) is 15.4. The van der Waals surface area contributed by atoms with E-state index in [1.807, 2.05) is 6.07 Å². The molecule has 0 aliphatic carbocycles. The van der Waals surface area contributed by atoms with E-state index in [1.165, 1.54) is 4.90 Å². The molecule has 6 rings (SSSR count). The van der Waals surface area contributed by atoms with Gasteiger partial charge in [0.1, 0.15) is 11.3 Å². The Morgan fingerprint density at radius 1 is 1.06 bits per heavy atom. The van der Waals surface area contributed by atoms with Gasteiger partial charge in [0.15, 0.2) is 0 Å². The van der Waals surface area contributed by atoms with Gasteiger partial charge in [-0.05, 0) is 43.7 Å². The topological polar surface area (TPSA) is 79.0 Å². The third kappa shape index (κ3) is 2.33. The molecule has 9 heteroatoms. The number of halogens is 2. The molecule has 2 aromatic carbocycles. The normalized spacial score (nSPS) is 30.7. The molecule has 1 N–H and O–H groups in total. The van der Waals surface area contributed by atoms with Gasteiger partial charge in [-0.3, -0.25) is 19.3 Å². The molecule has 3 amide bonds. The van der Waals surface area contributed by atoms with Gasteiger partial charge in [0, 0.05) is 27.7 Å². The van der Waals surface area contributed by atoms with E-state index in [2.05, 4.69) is 10.2 Å². The predicted molar refractivity (Wildman–Crippen MR) is 119 cm³/mol. The number of hydrogen-bond acceptors (Lipinski definition) is 5. The lowest BCUT2D eigenvalue weighted by Gasteiger charge is -2.36. The fourth-order valence-electron chi connectivity index (χ4n) is 6.24. The number of fused-ring (bicyclic) bond motifs is 7. The molecule has 4 aliphatic heterocycles. The number of amides is 3. The van der Waals surface area contributed by atoms with E-state index in [0.717, 1.165) is 18.4 Å². The summed E-state index contributed by atoms with van der Waals surface area (Å²) in [4.78, 5) is 44.4. The zero-order valence-corrected chi connectivity index (χ0v) is 18.6. The zero-order chi connectivity index (χ0) is 22.4. The van der Waals surface area contributed by atoms with Crippen molar-refractivity contribution in [1.82, 2.24) is 4.90 Å². The van der Waals surface area contributed by atoms with Gasteiger partial charge in [-0.15, -0.1) is 0 Å². The number of carbonyl (C=O) groups is 3. The molecule has 4 atom stereocenters. The molecule has 0 aromatic heterocycles. The van der Waals surface area contributed by atoms with Crippen LogP contribution in [0.3, 0.4) is 0 Å². The molecule has 3 fully saturated rings. The Balaban J connectivity index is 1.54. The van der Waals surface area contributed by atoms with Crippen LogP contribution < -0.4 is 15.0 Å². The Morgan fingerprint density at radius 2 is 1.81 bits per heavy atom. The quantitative estimate of drug-likeness (QED) is 0.678. The van der Waals surface area contributed by atoms with Crippen molar-refractivity contribution >= 4 is 52.3 Å². The third-order valence-corrected chi connectivity index (χ3v) is 7.74. The molecule has 164 valence electrons. The molecule has 7 nitrogen and oxygen atoms in total. The molecule has 32 heavy (non-hydrogen) atoms. The van der Waals surface area contributed by atoms with Gasteiger partial charge in [-0.25, -0.2) is 4.90 Å². The van der Waals surface area contributed by atoms with Crippen LogP contribution in [0, 0.1) is 11.8 Å². The highest BCUT2D eigenvalue weighted by Gasteiger charge is 2.74. The summed E-state index contributed by atoms with van der Waals surface area (Å²) in [5.74, 6) is -1.80. The molecule has 1 spiro atoms. The number of rotatable bonds is 2. The largest absolute Gasteiger partial charge is 0.497 e. The fourth-order valence-corrected chi connectivity index (χ4v) is 6.76. The number of carbonyl (C=O) groups excluding carboxylic acids is 3. The van der Waals surface area contributed by atoms with Crippen LogP contribution in [0.2, 0.25) is 10.0 Å². The maximum Gasteiger partial charge on any atom is 0.250 e. The maximum absolute atomic E-state index is 13.9. The van der Waals surface area contributed by atoms with E-state index < -0.39 is 23.3 Å². The van der Waals surface area contributed by atoms with Crippen LogP contribution in [0.4, 0.5) is 11.4 Å². The first kappa shape index (κ1) is 20.0. The molecule has 2 aromatic rings. The van der Waals surface area contributed by atoms with Crippen molar-refractivity contribution in [2.75, 3.05) is 23.9 Å². The summed E-state index contributed by atoms with van der Waals surface area (Å²) in [5, 5.41) is 3.62. The van der Waals surface area contributed by atoms with Crippen LogP contribution in [0.1, 0.15) is 18.4 Å². The standard InChI is InChI=1S/C23H19Cl2N3O4/c1-32-14-4-5-15-16(10-14)26-22(31)23(15)19-18(17-3-2-6-27(17)23)20(29)28(21(19)30)13-8-11(24)7-12(25)9-13/h4-5,7-10,17-19H,2-3,6H2,1H3,(H,26,31). The molecule has 3 saturated heterocycles. The van der Waals surface area contributed by atoms with E-state index in [1.54, 1.807) is 37.4 Å². The van der Waals surface area contributed by atoms with Gasteiger partial charge in [0.05, 0.1) is 30.3 Å². The Morgan fingerprint density at radius 3 is 2.53 bits per heavy atom. The fraction of sp³-hybridized carbons (Fsp3) is 0.348. The second-order valence-electron chi connectivity index (χ2n) is 8.68. The van der Waals surface area contributed by atoms with Crippen molar-refractivity contribution in [2.45, 2.75) is 24.4 Å². The van der Waals surface area contributed by atoms with E-state index in [-0.39, 0.29) is 17.9 Å². The third-order valence-electron chi connectivity index (χ3n) is 7.31. The number of hydrogen-bond donors (Lipinski definition) is 1. The molecule has 0 radical (unpaired) electrons. The number of anilines is 2. The van der Waals surface area contributed by atoms with Gasteiger partial charge in [-0.1, -0.05) is 29.3 Å². The number of imide groups is 1. The summed E-state index contributed by atoms with van der Waals surface area (Å²) in [6.45, 7) is 0.653. The number of nitrogens with one attached hydrogen (secondary N) is 1. The molecule has 4 heterocycles. The molecule has 4 aliphatic rings. The zero-order valence-electron chi connectivity index (χ0n) is 17.1. The maximum atomic E-state index is 13.9. The molecule has 0 bridgehead atoms. The minimum absolute atomic E-state index is 0.185. The number of ether oxygens (including phenoxy) is 1. The van der Waals surface area contributed by atoms with Crippen LogP contribution in [-0.4, -0.2) is 42.3 Å². The summed E-state index contributed by atoms with van der Waals surface area (Å²) >= 11 is 12.3. The van der Waals surface area contributed by atoms with Gasteiger partial charge in [0.2, 0.25) is 17.7 Å². The van der Waals surface area contributed by atoms with Crippen LogP contribution >= 0.6 is 23.2 Å². The van der Waals surface area contributed by atoms with Crippen LogP contribution in [0.15, 0.2) is 36.4 Å². The van der Waals surface area contributed by atoms with Crippen molar-refractivity contribution in [3.05, 3.63) is 52.0 Å². The Hall–Kier alpha value is -2.61. The number of methoxy groups -OCH3 is 1. The molecule has 4 unspecified atom stereocenters. The van der Waals surface area contributed by atoms with Gasteiger partial charge in [0.25, 0.3) is 0 Å². The van der Waals surface area contributed by atoms with Crippen molar-refractivity contribution in [3.63, 3.8) is 0 Å². The average Bonchev–Trinajstić information content (AvgIpc) is 3.44. The van der Waals surface area contributed by atoms with Crippen LogP contribution in [-0.2, 0) is 19.9 Å². The molecule has 0 saturated carbocycles. The first-order valence-electron chi connectivity index (χ1n) is 10.5. The summed E-state index contributed by atoms with van der Waals surface area (Å²) < 4.78 is 5.32. The first-order valence-corrected chi connectivity index (χ1v) is 11.2. The lowest BCUT2D eigenvalue weighted by molar-refractivity contribution is -0.135. The monoisotopic (exact) mass is 471 g/mol. The van der Waals surface area contributed by atoms with Crippen molar-refractivity contribution in [3.8, 4) is 5.75 Å². The number of benzene rings is 2. The second-order valence-corrected chi connectivity index (χ2v) is 9.55. The van der Waals surface area contributed by atoms with Gasteiger partial charge >= 0.3 is 0 Å². The minimum atomic E-state index is -1.22. The summed E-state index contributed by atoms with van der Waals surface area (Å²) in [5.41, 5.74) is 0.442. The number of nitrogens with zero attached hydrogens (tertiary/aromatic N) is 2. The van der Waals surface area contributed by atoms with Gasteiger partial charge in [-0.2, -0.15) is 0 Å². The van der Waals surface area contributed by atoms with E-state index in [9.17, 15) is 14.4 Å². The predicted octanol–water partition coefficient (Wildman–Crippen LogP) is 3.43. The van der Waals surface area contributed by atoms with Crippen molar-refractivity contribution < 1.29 is 19.1 Å². The highest BCUT2D eigenvalue weighted by atomic mass is 35.5. The van der Waals surface area contributed by atoms with Crippen molar-refractivity contribution in [1.29, 1.82) is 0 Å². The van der Waals surface area contributed by atoms with Crippen molar-refractivity contribution in [2.24, 2.45) is 11.8 Å². The van der Waals surface area contributed by atoms with Crippen LogP contribution in [0.25, 0.3) is 0 Å². The smallest absolute Gasteiger partial charge is 0.250 e. The lowest BCUT2D eigenvalue weighted by atomic mass is 9.75. The SMILES string of the molecule is COc1ccc2c(c1)NC(=O)C21C2C(=O)N(c3cc(Cl)cc(Cl)c3)C(=O)C2C2CCCN21. The van der Waals surface area contributed by atoms with E-state index >= 15 is 0 Å². The average molecular weight is 472 g/mol. The van der Waals surface area contributed by atoms with Crippen LogP contribution in [0.5, 0.6) is 5.75 Å². The lowest BCUT2D eigenvalue weighted by Crippen LogP contribution is -2.54. The highest BCUT2D eigenvalue weighted by molar-refractivity contribution is 6.36. The summed E-state index contributed by atoms with van der Waals surface area (Å²) in [6.07, 6.45) is 1.61. The van der Waals surface area contributed by atoms with E-state index in [0.29, 0.717) is 33.7 Å². The Bertz CT molecular complexity index is 1200. The Labute approximate surface area is 194 Å². The molecular weight excluding hydrogens is 453 g/mol. The summed E-state index contributed by atoms with van der Waals surface area (Å²) in [6, 6.07) is 9.85. The van der Waals surface area contributed by atoms with Gasteiger partial charge < -0.3 is 10.1 Å². The highest BCUT2D eigenvalue weighted by Crippen LogP contribution is 2.61. The minimum Gasteiger partial charge on any atom is -0.497 e. The molecular formula is C23H19Cl2N3O4.